The molecule has 2 aliphatic rings. The van der Waals surface area contributed by atoms with E-state index in [0.717, 1.165) is 60.8 Å². The summed E-state index contributed by atoms with van der Waals surface area (Å²) >= 11 is 1.92. The molecule has 1 amide bonds. The van der Waals surface area contributed by atoms with Crippen molar-refractivity contribution in [1.82, 2.24) is 24.6 Å². The Morgan fingerprint density at radius 2 is 2.09 bits per heavy atom. The lowest BCUT2D eigenvalue weighted by molar-refractivity contribution is -0.132. The average molecular weight is 332 g/mol. The number of amides is 1. The Balaban J connectivity index is 1.65. The summed E-state index contributed by atoms with van der Waals surface area (Å²) in [5.41, 5.74) is 0.808. The highest BCUT2D eigenvalue weighted by molar-refractivity contribution is 7.99. The number of anilines is 1. The highest BCUT2D eigenvalue weighted by atomic mass is 32.2. The van der Waals surface area contributed by atoms with Gasteiger partial charge >= 0.3 is 0 Å². The Hall–Kier alpha value is -1.83. The average Bonchev–Trinajstić information content (AvgIpc) is 3.22. The Labute approximate surface area is 139 Å². The second kappa shape index (κ2) is 5.99. The Kier molecular flexibility index (Phi) is 3.84. The number of aromatic nitrogens is 4. The number of fused-ring (bicyclic) bond motifs is 1. The first-order valence-corrected chi connectivity index (χ1v) is 9.17. The van der Waals surface area contributed by atoms with Crippen LogP contribution in [-0.2, 0) is 11.8 Å². The first-order valence-electron chi connectivity index (χ1n) is 8.01. The van der Waals surface area contributed by atoms with Gasteiger partial charge in [0, 0.05) is 38.2 Å². The van der Waals surface area contributed by atoms with E-state index in [-0.39, 0.29) is 11.9 Å². The quantitative estimate of drug-likeness (QED) is 0.814. The van der Waals surface area contributed by atoms with Crippen molar-refractivity contribution >= 4 is 34.5 Å². The van der Waals surface area contributed by atoms with Gasteiger partial charge in [-0.1, -0.05) is 0 Å². The molecule has 0 N–H and O–H groups in total. The molecule has 0 bridgehead atoms. The molecular weight excluding hydrogens is 312 g/mol. The zero-order valence-corrected chi connectivity index (χ0v) is 14.0. The van der Waals surface area contributed by atoms with Gasteiger partial charge in [-0.15, -0.1) is 0 Å². The molecule has 2 aromatic heterocycles. The van der Waals surface area contributed by atoms with Crippen LogP contribution in [0.25, 0.3) is 11.0 Å². The molecule has 4 rings (SSSR count). The van der Waals surface area contributed by atoms with Crippen LogP contribution in [0.4, 0.5) is 5.82 Å². The van der Waals surface area contributed by atoms with Crippen LogP contribution in [0, 0.1) is 0 Å². The summed E-state index contributed by atoms with van der Waals surface area (Å²) in [6.45, 7) is 2.58. The molecule has 2 aliphatic heterocycles. The van der Waals surface area contributed by atoms with E-state index in [1.165, 1.54) is 0 Å². The van der Waals surface area contributed by atoms with Crippen molar-refractivity contribution in [3.8, 4) is 0 Å². The Morgan fingerprint density at radius 1 is 1.26 bits per heavy atom. The molecule has 7 nitrogen and oxygen atoms in total. The number of nitrogens with zero attached hydrogens (tertiary/aromatic N) is 6. The third-order valence-electron chi connectivity index (χ3n) is 4.64. The number of thioether (sulfide) groups is 1. The van der Waals surface area contributed by atoms with E-state index >= 15 is 0 Å². The van der Waals surface area contributed by atoms with Crippen molar-refractivity contribution in [3.05, 3.63) is 12.5 Å². The number of carbonyl (C=O) groups excluding carboxylic acids is 1. The largest absolute Gasteiger partial charge is 0.344 e. The van der Waals surface area contributed by atoms with Crippen LogP contribution in [0.15, 0.2) is 12.5 Å². The van der Waals surface area contributed by atoms with E-state index in [0.29, 0.717) is 0 Å². The van der Waals surface area contributed by atoms with Gasteiger partial charge in [0.1, 0.15) is 18.2 Å². The minimum Gasteiger partial charge on any atom is -0.344 e. The molecule has 1 atom stereocenters. The van der Waals surface area contributed by atoms with E-state index in [1.807, 2.05) is 23.7 Å². The van der Waals surface area contributed by atoms with E-state index in [1.54, 1.807) is 17.2 Å². The molecule has 2 aromatic rings. The first kappa shape index (κ1) is 14.7. The summed E-state index contributed by atoms with van der Waals surface area (Å²) in [5.74, 6) is 3.17. The zero-order chi connectivity index (χ0) is 15.8. The molecule has 0 aromatic carbocycles. The summed E-state index contributed by atoms with van der Waals surface area (Å²) < 4.78 is 1.75. The topological polar surface area (TPSA) is 67.2 Å². The zero-order valence-electron chi connectivity index (χ0n) is 13.2. The lowest BCUT2D eigenvalue weighted by Crippen LogP contribution is -2.48. The predicted octanol–water partition coefficient (Wildman–Crippen LogP) is 0.907. The highest BCUT2D eigenvalue weighted by Crippen LogP contribution is 2.30. The van der Waals surface area contributed by atoms with Gasteiger partial charge < -0.3 is 9.80 Å². The van der Waals surface area contributed by atoms with Gasteiger partial charge in [-0.25, -0.2) is 9.97 Å². The monoisotopic (exact) mass is 332 g/mol. The van der Waals surface area contributed by atoms with Crippen LogP contribution in [0.3, 0.4) is 0 Å². The number of carbonyl (C=O) groups is 1. The van der Waals surface area contributed by atoms with Crippen LogP contribution in [0.2, 0.25) is 0 Å². The van der Waals surface area contributed by atoms with E-state index < -0.39 is 0 Å². The third-order valence-corrected chi connectivity index (χ3v) is 5.58. The Morgan fingerprint density at radius 3 is 2.91 bits per heavy atom. The van der Waals surface area contributed by atoms with Gasteiger partial charge in [0.25, 0.3) is 0 Å². The van der Waals surface area contributed by atoms with Crippen LogP contribution < -0.4 is 4.90 Å². The molecule has 2 saturated heterocycles. The summed E-state index contributed by atoms with van der Waals surface area (Å²) in [4.78, 5) is 25.9. The molecule has 0 spiro atoms. The normalized spacial score (nSPS) is 22.0. The summed E-state index contributed by atoms with van der Waals surface area (Å²) in [5, 5.41) is 5.20. The van der Waals surface area contributed by atoms with Gasteiger partial charge in [0.2, 0.25) is 5.91 Å². The second-order valence-corrected chi connectivity index (χ2v) is 7.22. The van der Waals surface area contributed by atoms with Gasteiger partial charge in [0.15, 0.2) is 5.65 Å². The molecular formula is C15H20N6OS. The van der Waals surface area contributed by atoms with Crippen LogP contribution in [0.5, 0.6) is 0 Å². The van der Waals surface area contributed by atoms with E-state index in [2.05, 4.69) is 20.0 Å². The third kappa shape index (κ3) is 2.54. The second-order valence-electron chi connectivity index (χ2n) is 5.99. The molecule has 8 heteroatoms. The van der Waals surface area contributed by atoms with Crippen molar-refractivity contribution in [1.29, 1.82) is 0 Å². The van der Waals surface area contributed by atoms with E-state index in [4.69, 9.17) is 0 Å². The fourth-order valence-corrected chi connectivity index (χ4v) is 4.35. The minimum absolute atomic E-state index is 0.101. The van der Waals surface area contributed by atoms with E-state index in [9.17, 15) is 4.79 Å². The molecule has 0 radical (unpaired) electrons. The summed E-state index contributed by atoms with van der Waals surface area (Å²) in [6.07, 6.45) is 5.28. The maximum atomic E-state index is 12.9. The first-order chi connectivity index (χ1) is 11.3. The molecule has 0 aliphatic carbocycles. The van der Waals surface area contributed by atoms with Crippen LogP contribution in [0.1, 0.15) is 12.8 Å². The van der Waals surface area contributed by atoms with Gasteiger partial charge in [-0.2, -0.15) is 16.9 Å². The Bertz CT molecular complexity index is 726. The highest BCUT2D eigenvalue weighted by Gasteiger charge is 2.35. The predicted molar refractivity (Wildman–Crippen MR) is 90.6 cm³/mol. The van der Waals surface area contributed by atoms with Gasteiger partial charge in [-0.3, -0.25) is 9.48 Å². The molecule has 4 heterocycles. The molecule has 0 saturated carbocycles. The van der Waals surface area contributed by atoms with Crippen molar-refractivity contribution < 1.29 is 4.79 Å². The molecule has 0 unspecified atom stereocenters. The van der Waals surface area contributed by atoms with Gasteiger partial charge in [0.05, 0.1) is 11.6 Å². The van der Waals surface area contributed by atoms with Crippen molar-refractivity contribution in [2.75, 3.05) is 36.0 Å². The fraction of sp³-hybridized carbons (Fsp3) is 0.600. The number of hydrogen-bond donors (Lipinski definition) is 0. The molecule has 122 valence electrons. The van der Waals surface area contributed by atoms with Crippen LogP contribution in [-0.4, -0.2) is 67.7 Å². The number of rotatable bonds is 2. The van der Waals surface area contributed by atoms with Crippen molar-refractivity contribution in [2.24, 2.45) is 7.05 Å². The standard InChI is InChI=1S/C15H20N6OS/c1-19-13-11(9-18-19)14(17-10-16-13)21-4-2-3-12(21)15(22)20-5-7-23-8-6-20/h9-10,12H,2-8H2,1H3/t12-/m1/s1. The molecule has 23 heavy (non-hydrogen) atoms. The summed E-state index contributed by atoms with van der Waals surface area (Å²) in [7, 11) is 1.87. The maximum absolute atomic E-state index is 12.9. The number of hydrogen-bond acceptors (Lipinski definition) is 6. The fourth-order valence-electron chi connectivity index (χ4n) is 3.45. The maximum Gasteiger partial charge on any atom is 0.245 e. The SMILES string of the molecule is Cn1ncc2c(N3CCC[C@@H]3C(=O)N3CCSCC3)ncnc21. The summed E-state index contributed by atoms with van der Waals surface area (Å²) in [6, 6.07) is -0.101. The minimum atomic E-state index is -0.101. The number of aryl methyl sites for hydroxylation is 1. The lowest BCUT2D eigenvalue weighted by Gasteiger charge is -2.33. The van der Waals surface area contributed by atoms with Gasteiger partial charge in [-0.05, 0) is 12.8 Å². The van der Waals surface area contributed by atoms with Crippen LogP contribution >= 0.6 is 11.8 Å². The van der Waals surface area contributed by atoms with Crippen molar-refractivity contribution in [3.63, 3.8) is 0 Å². The lowest BCUT2D eigenvalue weighted by atomic mass is 10.2. The molecule has 2 fully saturated rings. The van der Waals surface area contributed by atoms with Crippen molar-refractivity contribution in [2.45, 2.75) is 18.9 Å². The smallest absolute Gasteiger partial charge is 0.245 e.